The van der Waals surface area contributed by atoms with Gasteiger partial charge < -0.3 is 9.47 Å². The van der Waals surface area contributed by atoms with Crippen molar-refractivity contribution in [2.24, 2.45) is 58.2 Å². The van der Waals surface area contributed by atoms with Crippen molar-refractivity contribution in [2.45, 2.75) is 105 Å². The van der Waals surface area contributed by atoms with Gasteiger partial charge in [-0.2, -0.15) is 0 Å². The molecule has 4 fully saturated rings. The number of Topliss-reactive ketones (excluding diaryl/α,β-unsaturated/α-hetero) is 1. The molecule has 198 valence electrons. The van der Waals surface area contributed by atoms with E-state index in [2.05, 4.69) is 34.6 Å². The summed E-state index contributed by atoms with van der Waals surface area (Å²) >= 11 is 0. The van der Waals surface area contributed by atoms with Crippen molar-refractivity contribution in [2.75, 3.05) is 7.11 Å². The lowest BCUT2D eigenvalue weighted by Crippen LogP contribution is -2.64. The quantitative estimate of drug-likeness (QED) is 0.415. The molecular formula is C30H48O5. The van der Waals surface area contributed by atoms with Gasteiger partial charge in [0, 0.05) is 31.1 Å². The van der Waals surface area contributed by atoms with Crippen molar-refractivity contribution in [1.29, 1.82) is 0 Å². The average Bonchev–Trinajstić information content (AvgIpc) is 3.17. The molecule has 11 atom stereocenters. The predicted molar refractivity (Wildman–Crippen MR) is 135 cm³/mol. The van der Waals surface area contributed by atoms with Crippen molar-refractivity contribution in [3.05, 3.63) is 0 Å². The Morgan fingerprint density at radius 1 is 1.11 bits per heavy atom. The second-order valence-electron chi connectivity index (χ2n) is 13.1. The summed E-state index contributed by atoms with van der Waals surface area (Å²) in [7, 11) is 1.44. The Morgan fingerprint density at radius 3 is 2.46 bits per heavy atom. The number of carbonyl (C=O) groups excluding carboxylic acids is 3. The Balaban J connectivity index is 1.71. The van der Waals surface area contributed by atoms with Crippen molar-refractivity contribution in [3.63, 3.8) is 0 Å². The summed E-state index contributed by atoms with van der Waals surface area (Å²) in [6, 6.07) is 0. The third-order valence-corrected chi connectivity index (χ3v) is 11.6. The van der Waals surface area contributed by atoms with Gasteiger partial charge in [0.15, 0.2) is 0 Å². The van der Waals surface area contributed by atoms with Crippen LogP contribution < -0.4 is 0 Å². The molecule has 3 unspecified atom stereocenters. The number of methoxy groups -OCH3 is 1. The van der Waals surface area contributed by atoms with Gasteiger partial charge in [0.1, 0.15) is 11.9 Å². The smallest absolute Gasteiger partial charge is 0.305 e. The van der Waals surface area contributed by atoms with Crippen LogP contribution in [-0.2, 0) is 23.9 Å². The van der Waals surface area contributed by atoms with Crippen LogP contribution in [0.5, 0.6) is 0 Å². The monoisotopic (exact) mass is 488 g/mol. The van der Waals surface area contributed by atoms with E-state index in [0.29, 0.717) is 42.3 Å². The molecule has 4 aliphatic rings. The number of rotatable bonds is 6. The number of ether oxygens (including phenoxy) is 2. The van der Waals surface area contributed by atoms with E-state index in [-0.39, 0.29) is 47.1 Å². The van der Waals surface area contributed by atoms with E-state index < -0.39 is 5.41 Å². The fraction of sp³-hybridized carbons (Fsp3) is 0.900. The number of fused-ring (bicyclic) bond motifs is 5. The normalized spacial score (nSPS) is 45.6. The summed E-state index contributed by atoms with van der Waals surface area (Å²) in [5.41, 5.74) is -0.265. The SMILES string of the molecule is CC[C@H]1[C@@H](OC(C)=O)C2C3CC[C@H]([C@H](C)CCC(=O)OC)[C@@]3(C)C(=O)CC2[C@@]2(C)CC[C@@H](C)C[C@@H]12. The molecule has 0 amide bonds. The third kappa shape index (κ3) is 4.27. The predicted octanol–water partition coefficient (Wildman–Crippen LogP) is 6.23. The molecule has 0 aromatic heterocycles. The molecule has 0 aromatic rings. The standard InChI is InChI=1S/C30H48O5/c1-8-20-23-15-17(2)13-14-29(23,5)24-16-25(32)30(6)21(18(3)9-12-26(33)34-7)10-11-22(30)27(24)28(20)35-19(4)31/h17-18,20-24,27-28H,8-16H2,1-7H3/t17-,18-,20-,21-,22?,23+,24?,27?,28-,29+,30-/m1/s1. The fourth-order valence-corrected chi connectivity index (χ4v) is 9.81. The Hall–Kier alpha value is -1.39. The van der Waals surface area contributed by atoms with Gasteiger partial charge >= 0.3 is 11.9 Å². The molecule has 0 aromatic carbocycles. The first-order chi connectivity index (χ1) is 16.5. The van der Waals surface area contributed by atoms with Crippen molar-refractivity contribution < 1.29 is 23.9 Å². The molecule has 0 aliphatic heterocycles. The summed E-state index contributed by atoms with van der Waals surface area (Å²) in [4.78, 5) is 38.3. The minimum absolute atomic E-state index is 0.0903. The molecule has 5 nitrogen and oxygen atoms in total. The van der Waals surface area contributed by atoms with Gasteiger partial charge in [-0.05, 0) is 85.4 Å². The highest BCUT2D eigenvalue weighted by atomic mass is 16.5. The van der Waals surface area contributed by atoms with E-state index in [9.17, 15) is 14.4 Å². The highest BCUT2D eigenvalue weighted by Gasteiger charge is 2.68. The average molecular weight is 489 g/mol. The van der Waals surface area contributed by atoms with Crippen molar-refractivity contribution in [3.8, 4) is 0 Å². The van der Waals surface area contributed by atoms with Crippen LogP contribution in [0.25, 0.3) is 0 Å². The van der Waals surface area contributed by atoms with E-state index in [1.54, 1.807) is 6.92 Å². The first-order valence-corrected chi connectivity index (χ1v) is 14.3. The zero-order valence-electron chi connectivity index (χ0n) is 23.1. The van der Waals surface area contributed by atoms with Gasteiger partial charge in [-0.1, -0.05) is 41.0 Å². The molecule has 5 heteroatoms. The highest BCUT2D eigenvalue weighted by molar-refractivity contribution is 5.87. The first-order valence-electron chi connectivity index (χ1n) is 14.3. The molecule has 4 aliphatic carbocycles. The Bertz CT molecular complexity index is 837. The van der Waals surface area contributed by atoms with Gasteiger partial charge in [0.25, 0.3) is 0 Å². The molecule has 0 bridgehead atoms. The maximum Gasteiger partial charge on any atom is 0.305 e. The second kappa shape index (κ2) is 9.82. The second-order valence-corrected chi connectivity index (χ2v) is 13.1. The summed E-state index contributed by atoms with van der Waals surface area (Å²) in [5.74, 6) is 2.96. The van der Waals surface area contributed by atoms with E-state index in [4.69, 9.17) is 9.47 Å². The van der Waals surface area contributed by atoms with Crippen LogP contribution in [0.4, 0.5) is 0 Å². The topological polar surface area (TPSA) is 69.7 Å². The maximum atomic E-state index is 14.1. The minimum Gasteiger partial charge on any atom is -0.469 e. The number of hydrogen-bond donors (Lipinski definition) is 0. The maximum absolute atomic E-state index is 14.1. The van der Waals surface area contributed by atoms with E-state index in [1.807, 2.05) is 0 Å². The van der Waals surface area contributed by atoms with Gasteiger partial charge in [0.05, 0.1) is 7.11 Å². The number of carbonyl (C=O) groups is 3. The summed E-state index contributed by atoms with van der Waals surface area (Å²) in [5, 5.41) is 0. The number of ketones is 1. The third-order valence-electron chi connectivity index (χ3n) is 11.6. The summed E-state index contributed by atoms with van der Waals surface area (Å²) < 4.78 is 11.1. The molecule has 0 radical (unpaired) electrons. The largest absolute Gasteiger partial charge is 0.469 e. The van der Waals surface area contributed by atoms with Crippen LogP contribution >= 0.6 is 0 Å². The molecule has 0 saturated heterocycles. The van der Waals surface area contributed by atoms with Gasteiger partial charge in [-0.15, -0.1) is 0 Å². The zero-order chi connectivity index (χ0) is 25.7. The summed E-state index contributed by atoms with van der Waals surface area (Å²) in [6.07, 6.45) is 8.32. The van der Waals surface area contributed by atoms with Gasteiger partial charge in [-0.3, -0.25) is 14.4 Å². The first kappa shape index (κ1) is 26.7. The number of esters is 2. The van der Waals surface area contributed by atoms with Crippen LogP contribution in [0.15, 0.2) is 0 Å². The Morgan fingerprint density at radius 2 is 1.83 bits per heavy atom. The van der Waals surface area contributed by atoms with Crippen LogP contribution in [0, 0.1) is 58.2 Å². The molecule has 0 spiro atoms. The van der Waals surface area contributed by atoms with Crippen LogP contribution in [-0.4, -0.2) is 30.9 Å². The highest BCUT2D eigenvalue weighted by Crippen LogP contribution is 2.69. The van der Waals surface area contributed by atoms with Crippen LogP contribution in [0.3, 0.4) is 0 Å². The summed E-state index contributed by atoms with van der Waals surface area (Å²) in [6.45, 7) is 13.1. The van der Waals surface area contributed by atoms with Crippen molar-refractivity contribution in [1.82, 2.24) is 0 Å². The molecule has 0 N–H and O–H groups in total. The lowest BCUT2D eigenvalue weighted by atomic mass is 9.40. The van der Waals surface area contributed by atoms with Gasteiger partial charge in [-0.25, -0.2) is 0 Å². The van der Waals surface area contributed by atoms with Crippen LogP contribution in [0.2, 0.25) is 0 Å². The van der Waals surface area contributed by atoms with E-state index in [1.165, 1.54) is 26.4 Å². The van der Waals surface area contributed by atoms with Gasteiger partial charge in [0.2, 0.25) is 0 Å². The lowest BCUT2D eigenvalue weighted by molar-refractivity contribution is -0.211. The lowest BCUT2D eigenvalue weighted by Gasteiger charge is -2.64. The number of hydrogen-bond acceptors (Lipinski definition) is 5. The molecule has 35 heavy (non-hydrogen) atoms. The van der Waals surface area contributed by atoms with Crippen molar-refractivity contribution >= 4 is 17.7 Å². The molecule has 4 rings (SSSR count). The van der Waals surface area contributed by atoms with Crippen LogP contribution in [0.1, 0.15) is 99.3 Å². The minimum atomic E-state index is -0.404. The zero-order valence-corrected chi connectivity index (χ0v) is 23.1. The fourth-order valence-electron chi connectivity index (χ4n) is 9.81. The molecule has 0 heterocycles. The van der Waals surface area contributed by atoms with E-state index >= 15 is 0 Å². The Labute approximate surface area is 212 Å². The Kier molecular flexibility index (Phi) is 7.48. The van der Waals surface area contributed by atoms with E-state index in [0.717, 1.165) is 25.7 Å². The molecular weight excluding hydrogens is 440 g/mol. The molecule has 4 saturated carbocycles.